The zero-order chi connectivity index (χ0) is 17.0. The molecule has 8 heteroatoms. The molecule has 0 radical (unpaired) electrons. The number of sulfonamides is 1. The maximum Gasteiger partial charge on any atom is 0.241 e. The highest BCUT2D eigenvalue weighted by Crippen LogP contribution is 2.14. The van der Waals surface area contributed by atoms with Gasteiger partial charge in [-0.05, 0) is 48.4 Å². The van der Waals surface area contributed by atoms with E-state index in [2.05, 4.69) is 0 Å². The molecular weight excluding hydrogens is 345 g/mol. The van der Waals surface area contributed by atoms with E-state index in [1.807, 2.05) is 4.72 Å². The maximum absolute atomic E-state index is 12.9. The molecule has 5 nitrogen and oxygen atoms in total. The Balaban J connectivity index is 2.20. The number of carbonyl (C=O) groups is 1. The highest BCUT2D eigenvalue weighted by atomic mass is 35.5. The molecule has 1 atom stereocenters. The third-order valence-electron chi connectivity index (χ3n) is 3.06. The van der Waals surface area contributed by atoms with Crippen molar-refractivity contribution in [1.29, 1.82) is 0 Å². The summed E-state index contributed by atoms with van der Waals surface area (Å²) in [6.07, 6.45) is -0.111. The Kier molecular flexibility index (Phi) is 5.35. The van der Waals surface area contributed by atoms with E-state index < -0.39 is 27.9 Å². The quantitative estimate of drug-likeness (QED) is 0.840. The summed E-state index contributed by atoms with van der Waals surface area (Å²) in [7, 11) is -4.11. The van der Waals surface area contributed by atoms with E-state index in [0.29, 0.717) is 10.6 Å². The minimum absolute atomic E-state index is 0.111. The number of carboxylic acids is 1. The number of carboxylic acid groups (broad SMARTS) is 1. The summed E-state index contributed by atoms with van der Waals surface area (Å²) in [5.41, 5.74) is 0.574. The standard InChI is InChI=1S/C15H13ClFNO4S/c16-11-3-1-10(2-4-11)9-14(15(19)20)18-23(21,22)13-7-5-12(17)6-8-13/h1-8,14,18H,9H2,(H,19,20)/p-1/t14-/m1/s1. The van der Waals surface area contributed by atoms with Crippen LogP contribution in [0.1, 0.15) is 5.56 Å². The van der Waals surface area contributed by atoms with Crippen LogP contribution in [0.25, 0.3) is 0 Å². The van der Waals surface area contributed by atoms with E-state index in [-0.39, 0.29) is 11.3 Å². The first-order valence-corrected chi connectivity index (χ1v) is 8.37. The Bertz CT molecular complexity index is 791. The second-order valence-electron chi connectivity index (χ2n) is 4.78. The van der Waals surface area contributed by atoms with Gasteiger partial charge in [-0.2, -0.15) is 0 Å². The van der Waals surface area contributed by atoms with E-state index in [4.69, 9.17) is 11.6 Å². The summed E-state index contributed by atoms with van der Waals surface area (Å²) in [6.45, 7) is 0. The van der Waals surface area contributed by atoms with Crippen molar-refractivity contribution in [1.82, 2.24) is 4.72 Å². The Morgan fingerprint density at radius 1 is 1.13 bits per heavy atom. The molecule has 122 valence electrons. The Labute approximate surface area is 137 Å². The number of hydrogen-bond donors (Lipinski definition) is 1. The number of halogens is 2. The van der Waals surface area contributed by atoms with Crippen LogP contribution >= 0.6 is 11.6 Å². The fourth-order valence-corrected chi connectivity index (χ4v) is 3.21. The van der Waals surface area contributed by atoms with Crippen LogP contribution in [0.2, 0.25) is 5.02 Å². The predicted octanol–water partition coefficient (Wildman–Crippen LogP) is 1.12. The molecule has 0 spiro atoms. The topological polar surface area (TPSA) is 86.3 Å². The molecule has 0 unspecified atom stereocenters. The van der Waals surface area contributed by atoms with Crippen LogP contribution in [0.5, 0.6) is 0 Å². The summed E-state index contributed by atoms with van der Waals surface area (Å²) >= 11 is 5.74. The normalized spacial score (nSPS) is 12.8. The van der Waals surface area contributed by atoms with Crippen LogP contribution in [-0.2, 0) is 21.2 Å². The molecule has 1 N–H and O–H groups in total. The lowest BCUT2D eigenvalue weighted by Gasteiger charge is -2.20. The molecule has 0 heterocycles. The molecule has 0 saturated carbocycles. The lowest BCUT2D eigenvalue weighted by atomic mass is 10.1. The summed E-state index contributed by atoms with van der Waals surface area (Å²) in [5.74, 6) is -2.16. The van der Waals surface area contributed by atoms with Crippen molar-refractivity contribution in [2.75, 3.05) is 0 Å². The molecule has 2 aromatic rings. The van der Waals surface area contributed by atoms with Gasteiger partial charge >= 0.3 is 0 Å². The number of nitrogens with one attached hydrogen (secondary N) is 1. The number of benzene rings is 2. The predicted molar refractivity (Wildman–Crippen MR) is 80.7 cm³/mol. The third kappa shape index (κ3) is 4.75. The monoisotopic (exact) mass is 356 g/mol. The first-order valence-electron chi connectivity index (χ1n) is 6.51. The van der Waals surface area contributed by atoms with Crippen molar-refractivity contribution in [2.45, 2.75) is 17.4 Å². The average molecular weight is 357 g/mol. The largest absolute Gasteiger partial charge is 0.548 e. The third-order valence-corrected chi connectivity index (χ3v) is 4.80. The van der Waals surface area contributed by atoms with Crippen LogP contribution in [0.3, 0.4) is 0 Å². The van der Waals surface area contributed by atoms with Crippen molar-refractivity contribution < 1.29 is 22.7 Å². The molecular formula is C15H12ClFNO4S-. The lowest BCUT2D eigenvalue weighted by molar-refractivity contribution is -0.307. The van der Waals surface area contributed by atoms with Crippen molar-refractivity contribution in [2.24, 2.45) is 0 Å². The highest BCUT2D eigenvalue weighted by Gasteiger charge is 2.21. The summed E-state index contributed by atoms with van der Waals surface area (Å²) in [5, 5.41) is 11.7. The molecule has 0 aliphatic rings. The number of rotatable bonds is 6. The van der Waals surface area contributed by atoms with E-state index in [9.17, 15) is 22.7 Å². The average Bonchev–Trinajstić information content (AvgIpc) is 2.49. The van der Waals surface area contributed by atoms with Crippen molar-refractivity contribution in [3.8, 4) is 0 Å². The van der Waals surface area contributed by atoms with Crippen LogP contribution in [0.4, 0.5) is 4.39 Å². The van der Waals surface area contributed by atoms with Crippen molar-refractivity contribution in [3.05, 3.63) is 64.9 Å². The van der Waals surface area contributed by atoms with Gasteiger partial charge in [0.15, 0.2) is 0 Å². The van der Waals surface area contributed by atoms with Gasteiger partial charge in [0, 0.05) is 5.02 Å². The molecule has 0 aliphatic heterocycles. The Morgan fingerprint density at radius 3 is 2.22 bits per heavy atom. The zero-order valence-electron chi connectivity index (χ0n) is 11.7. The Morgan fingerprint density at radius 2 is 1.70 bits per heavy atom. The van der Waals surface area contributed by atoms with E-state index in [0.717, 1.165) is 24.3 Å². The summed E-state index contributed by atoms with van der Waals surface area (Å²) in [6, 6.07) is 8.89. The molecule has 0 aromatic heterocycles. The van der Waals surface area contributed by atoms with Gasteiger partial charge in [-0.1, -0.05) is 23.7 Å². The minimum Gasteiger partial charge on any atom is -0.548 e. The van der Waals surface area contributed by atoms with Gasteiger partial charge in [-0.25, -0.2) is 17.5 Å². The van der Waals surface area contributed by atoms with Crippen LogP contribution in [0, 0.1) is 5.82 Å². The maximum atomic E-state index is 12.9. The first-order chi connectivity index (χ1) is 10.8. The molecule has 0 fully saturated rings. The van der Waals surface area contributed by atoms with Crippen LogP contribution in [-0.4, -0.2) is 20.4 Å². The molecule has 2 rings (SSSR count). The smallest absolute Gasteiger partial charge is 0.241 e. The van der Waals surface area contributed by atoms with Gasteiger partial charge in [0.2, 0.25) is 10.0 Å². The fourth-order valence-electron chi connectivity index (χ4n) is 1.90. The highest BCUT2D eigenvalue weighted by molar-refractivity contribution is 7.89. The molecule has 0 bridgehead atoms. The molecule has 0 amide bonds. The number of carbonyl (C=O) groups excluding carboxylic acids is 1. The van der Waals surface area contributed by atoms with E-state index >= 15 is 0 Å². The Hall–Kier alpha value is -1.96. The van der Waals surface area contributed by atoms with Crippen LogP contribution in [0.15, 0.2) is 53.4 Å². The van der Waals surface area contributed by atoms with Gasteiger partial charge < -0.3 is 9.90 Å². The van der Waals surface area contributed by atoms with Crippen LogP contribution < -0.4 is 9.83 Å². The molecule has 0 aliphatic carbocycles. The number of aliphatic carboxylic acids is 1. The van der Waals surface area contributed by atoms with E-state index in [1.165, 1.54) is 0 Å². The summed E-state index contributed by atoms with van der Waals surface area (Å²) < 4.78 is 39.2. The number of hydrogen-bond acceptors (Lipinski definition) is 4. The minimum atomic E-state index is -4.11. The lowest BCUT2D eigenvalue weighted by Crippen LogP contribution is -2.49. The van der Waals surface area contributed by atoms with Crippen molar-refractivity contribution in [3.63, 3.8) is 0 Å². The van der Waals surface area contributed by atoms with Gasteiger partial charge in [0.1, 0.15) is 5.82 Å². The molecule has 2 aromatic carbocycles. The van der Waals surface area contributed by atoms with E-state index in [1.54, 1.807) is 24.3 Å². The second kappa shape index (κ2) is 7.08. The fraction of sp³-hybridized carbons (Fsp3) is 0.133. The van der Waals surface area contributed by atoms with Gasteiger partial charge in [-0.3, -0.25) is 0 Å². The van der Waals surface area contributed by atoms with Gasteiger partial charge in [0.05, 0.1) is 16.9 Å². The molecule has 0 saturated heterocycles. The SMILES string of the molecule is O=C([O-])[C@@H](Cc1ccc(Cl)cc1)NS(=O)(=O)c1ccc(F)cc1. The van der Waals surface area contributed by atoms with Gasteiger partial charge in [0.25, 0.3) is 0 Å². The zero-order valence-corrected chi connectivity index (χ0v) is 13.3. The first kappa shape index (κ1) is 17.4. The second-order valence-corrected chi connectivity index (χ2v) is 6.93. The van der Waals surface area contributed by atoms with Crippen molar-refractivity contribution >= 4 is 27.6 Å². The molecule has 23 heavy (non-hydrogen) atoms. The summed E-state index contributed by atoms with van der Waals surface area (Å²) in [4.78, 5) is 11.0. The van der Waals surface area contributed by atoms with Gasteiger partial charge in [-0.15, -0.1) is 0 Å².